The minimum Gasteiger partial charge on any atom is -0.409 e. The highest BCUT2D eigenvalue weighted by atomic mass is 16.5. The molecule has 0 amide bonds. The molecular weight excluding hydrogens is 230 g/mol. The van der Waals surface area contributed by atoms with Crippen LogP contribution in [0.5, 0.6) is 0 Å². The fraction of sp³-hybridized carbons (Fsp3) is 0.462. The molecule has 1 aromatic rings. The molecule has 5 nitrogen and oxygen atoms in total. The highest BCUT2D eigenvalue weighted by Gasteiger charge is 2.06. The van der Waals surface area contributed by atoms with Crippen LogP contribution in [0.15, 0.2) is 29.4 Å². The molecule has 0 aliphatic rings. The van der Waals surface area contributed by atoms with Gasteiger partial charge in [-0.05, 0) is 11.1 Å². The Morgan fingerprint density at radius 1 is 1.50 bits per heavy atom. The molecule has 0 aliphatic heterocycles. The summed E-state index contributed by atoms with van der Waals surface area (Å²) in [4.78, 5) is 0. The van der Waals surface area contributed by atoms with E-state index in [2.05, 4.69) is 22.6 Å². The highest BCUT2D eigenvalue weighted by Crippen LogP contribution is 2.06. The van der Waals surface area contributed by atoms with Crippen LogP contribution < -0.4 is 11.1 Å². The number of rotatable bonds is 7. The van der Waals surface area contributed by atoms with E-state index < -0.39 is 0 Å². The second-order valence-corrected chi connectivity index (χ2v) is 4.31. The van der Waals surface area contributed by atoms with Crippen molar-refractivity contribution in [2.75, 3.05) is 13.7 Å². The summed E-state index contributed by atoms with van der Waals surface area (Å²) in [7, 11) is 1.68. The second-order valence-electron chi connectivity index (χ2n) is 4.31. The molecule has 5 heteroatoms. The number of nitrogens with one attached hydrogen (secondary N) is 1. The summed E-state index contributed by atoms with van der Waals surface area (Å²) in [6.45, 7) is 3.95. The molecule has 1 unspecified atom stereocenters. The molecule has 0 bridgehead atoms. The lowest BCUT2D eigenvalue weighted by Crippen LogP contribution is -2.31. The summed E-state index contributed by atoms with van der Waals surface area (Å²) in [6, 6.07) is 8.20. The van der Waals surface area contributed by atoms with Gasteiger partial charge >= 0.3 is 0 Å². The Balaban J connectivity index is 2.41. The van der Waals surface area contributed by atoms with Gasteiger partial charge in [0.15, 0.2) is 0 Å². The first kappa shape index (κ1) is 14.5. The smallest absolute Gasteiger partial charge is 0.143 e. The highest BCUT2D eigenvalue weighted by molar-refractivity contribution is 5.82. The van der Waals surface area contributed by atoms with Crippen LogP contribution in [0.4, 0.5) is 0 Å². The van der Waals surface area contributed by atoms with E-state index in [9.17, 15) is 0 Å². The zero-order valence-electron chi connectivity index (χ0n) is 10.9. The number of ether oxygens (including phenoxy) is 1. The van der Waals surface area contributed by atoms with Crippen LogP contribution >= 0.6 is 0 Å². The quantitative estimate of drug-likeness (QED) is 0.295. The molecule has 0 radical (unpaired) electrons. The van der Waals surface area contributed by atoms with Crippen molar-refractivity contribution in [2.45, 2.75) is 20.1 Å². The van der Waals surface area contributed by atoms with Gasteiger partial charge in [-0.25, -0.2) is 0 Å². The van der Waals surface area contributed by atoms with Crippen molar-refractivity contribution in [2.24, 2.45) is 16.8 Å². The minimum atomic E-state index is 0.0113. The van der Waals surface area contributed by atoms with Crippen LogP contribution in [-0.4, -0.2) is 24.7 Å². The maximum Gasteiger partial charge on any atom is 0.143 e. The Bertz CT molecular complexity index is 394. The second kappa shape index (κ2) is 7.68. The molecule has 0 saturated carbocycles. The number of nitrogens with zero attached hydrogens (tertiary/aromatic N) is 1. The van der Waals surface area contributed by atoms with Gasteiger partial charge in [-0.2, -0.15) is 0 Å². The van der Waals surface area contributed by atoms with E-state index in [4.69, 9.17) is 15.7 Å². The van der Waals surface area contributed by atoms with Crippen LogP contribution in [0.1, 0.15) is 18.1 Å². The van der Waals surface area contributed by atoms with Gasteiger partial charge in [0.25, 0.3) is 0 Å². The molecule has 0 saturated heterocycles. The van der Waals surface area contributed by atoms with Gasteiger partial charge in [0.05, 0.1) is 6.61 Å². The minimum absolute atomic E-state index is 0.0113. The number of nitrogens with two attached hydrogens (primary N) is 1. The van der Waals surface area contributed by atoms with Crippen molar-refractivity contribution in [1.29, 1.82) is 0 Å². The van der Waals surface area contributed by atoms with E-state index in [0.717, 1.165) is 12.1 Å². The Labute approximate surface area is 108 Å². The third kappa shape index (κ3) is 4.73. The third-order valence-electron chi connectivity index (χ3n) is 2.70. The van der Waals surface area contributed by atoms with E-state index in [1.54, 1.807) is 7.11 Å². The molecular formula is C13H21N3O2. The van der Waals surface area contributed by atoms with Crippen LogP contribution in [-0.2, 0) is 17.9 Å². The normalized spacial score (nSPS) is 13.6. The van der Waals surface area contributed by atoms with Gasteiger partial charge in [0.1, 0.15) is 5.84 Å². The molecule has 18 heavy (non-hydrogen) atoms. The number of hydrogen-bond acceptors (Lipinski definition) is 4. The predicted octanol–water partition coefficient (Wildman–Crippen LogP) is 1.31. The van der Waals surface area contributed by atoms with Gasteiger partial charge < -0.3 is 21.0 Å². The van der Waals surface area contributed by atoms with Crippen molar-refractivity contribution in [3.05, 3.63) is 35.4 Å². The van der Waals surface area contributed by atoms with E-state index in [-0.39, 0.29) is 11.8 Å². The van der Waals surface area contributed by atoms with Gasteiger partial charge in [-0.3, -0.25) is 0 Å². The van der Waals surface area contributed by atoms with Crippen molar-refractivity contribution in [3.63, 3.8) is 0 Å². The Morgan fingerprint density at radius 3 is 2.89 bits per heavy atom. The average molecular weight is 251 g/mol. The molecule has 0 heterocycles. The summed E-state index contributed by atoms with van der Waals surface area (Å²) >= 11 is 0. The summed E-state index contributed by atoms with van der Waals surface area (Å²) in [5, 5.41) is 14.8. The maximum absolute atomic E-state index is 8.54. The number of hydrogen-bond donors (Lipinski definition) is 3. The SMILES string of the molecule is COCc1cccc(CNCC(C)C(N)=NO)c1. The lowest BCUT2D eigenvalue weighted by molar-refractivity contribution is 0.185. The Kier molecular flexibility index (Phi) is 6.18. The van der Waals surface area contributed by atoms with Crippen molar-refractivity contribution >= 4 is 5.84 Å². The van der Waals surface area contributed by atoms with Gasteiger partial charge in [0.2, 0.25) is 0 Å². The van der Waals surface area contributed by atoms with Crippen LogP contribution in [0.25, 0.3) is 0 Å². The van der Waals surface area contributed by atoms with Crippen LogP contribution in [0.3, 0.4) is 0 Å². The Morgan fingerprint density at radius 2 is 2.22 bits per heavy atom. The van der Waals surface area contributed by atoms with Crippen molar-refractivity contribution in [1.82, 2.24) is 5.32 Å². The molecule has 0 fully saturated rings. The monoisotopic (exact) mass is 251 g/mol. The van der Waals surface area contributed by atoms with E-state index in [1.165, 1.54) is 5.56 Å². The fourth-order valence-electron chi connectivity index (χ4n) is 1.63. The number of oxime groups is 1. The number of amidine groups is 1. The molecule has 1 rings (SSSR count). The third-order valence-corrected chi connectivity index (χ3v) is 2.70. The van der Waals surface area contributed by atoms with E-state index in [1.807, 2.05) is 19.1 Å². The topological polar surface area (TPSA) is 79.9 Å². The number of methoxy groups -OCH3 is 1. The first-order chi connectivity index (χ1) is 8.67. The summed E-state index contributed by atoms with van der Waals surface area (Å²) < 4.78 is 5.09. The zero-order valence-corrected chi connectivity index (χ0v) is 10.9. The molecule has 100 valence electrons. The fourth-order valence-corrected chi connectivity index (χ4v) is 1.63. The molecule has 1 atom stereocenters. The van der Waals surface area contributed by atoms with Gasteiger partial charge in [-0.1, -0.05) is 36.3 Å². The lowest BCUT2D eigenvalue weighted by Gasteiger charge is -2.11. The standard InChI is InChI=1S/C13H21N3O2/c1-10(13(14)16-17)7-15-8-11-4-3-5-12(6-11)9-18-2/h3-6,10,15,17H,7-9H2,1-2H3,(H2,14,16). The molecule has 4 N–H and O–H groups in total. The lowest BCUT2D eigenvalue weighted by atomic mass is 10.1. The predicted molar refractivity (Wildman–Crippen MR) is 71.4 cm³/mol. The van der Waals surface area contributed by atoms with Crippen molar-refractivity contribution in [3.8, 4) is 0 Å². The molecule has 0 aliphatic carbocycles. The van der Waals surface area contributed by atoms with Crippen LogP contribution in [0.2, 0.25) is 0 Å². The van der Waals surface area contributed by atoms with E-state index >= 15 is 0 Å². The maximum atomic E-state index is 8.54. The van der Waals surface area contributed by atoms with E-state index in [0.29, 0.717) is 13.2 Å². The molecule has 1 aromatic carbocycles. The Hall–Kier alpha value is -1.59. The summed E-state index contributed by atoms with van der Waals surface area (Å²) in [6.07, 6.45) is 0. The van der Waals surface area contributed by atoms with Gasteiger partial charge in [-0.15, -0.1) is 0 Å². The van der Waals surface area contributed by atoms with Gasteiger partial charge in [0, 0.05) is 26.1 Å². The first-order valence-corrected chi connectivity index (χ1v) is 5.92. The largest absolute Gasteiger partial charge is 0.409 e. The first-order valence-electron chi connectivity index (χ1n) is 5.92. The molecule has 0 spiro atoms. The summed E-state index contributed by atoms with van der Waals surface area (Å²) in [5.74, 6) is 0.257. The average Bonchev–Trinajstić information content (AvgIpc) is 2.38. The van der Waals surface area contributed by atoms with Crippen molar-refractivity contribution < 1.29 is 9.94 Å². The number of benzene rings is 1. The molecule has 0 aromatic heterocycles. The van der Waals surface area contributed by atoms with Crippen LogP contribution in [0, 0.1) is 5.92 Å². The zero-order chi connectivity index (χ0) is 13.4. The summed E-state index contributed by atoms with van der Waals surface area (Å²) in [5.41, 5.74) is 7.85.